The maximum Gasteiger partial charge on any atom is 0.254 e. The summed E-state index contributed by atoms with van der Waals surface area (Å²) in [6.45, 7) is 1.39. The molecular weight excluding hydrogens is 388 g/mol. The van der Waals surface area contributed by atoms with Gasteiger partial charge in [0.25, 0.3) is 11.5 Å². The highest BCUT2D eigenvalue weighted by molar-refractivity contribution is 5.94. The highest BCUT2D eigenvalue weighted by atomic mass is 16.7. The Morgan fingerprint density at radius 2 is 1.87 bits per heavy atom. The van der Waals surface area contributed by atoms with E-state index in [1.165, 1.54) is 10.6 Å². The van der Waals surface area contributed by atoms with Crippen LogP contribution in [-0.2, 0) is 7.05 Å². The Hall–Kier alpha value is -3.00. The van der Waals surface area contributed by atoms with E-state index in [0.29, 0.717) is 48.7 Å². The van der Waals surface area contributed by atoms with Gasteiger partial charge in [-0.05, 0) is 42.9 Å². The van der Waals surface area contributed by atoms with Crippen molar-refractivity contribution in [1.29, 1.82) is 0 Å². The molecule has 5 rings (SSSR count). The SMILES string of the molecule is Cn1ccc(C(=O)N2C[C@H]3C[C@@H](Oc4ccc5c(c4)OCO5)[C@H](O)C[C@H]3C2)cc1=O. The lowest BCUT2D eigenvalue weighted by molar-refractivity contribution is -0.0232. The van der Waals surface area contributed by atoms with Crippen LogP contribution in [0.3, 0.4) is 0 Å². The number of benzene rings is 1. The molecule has 158 valence electrons. The smallest absolute Gasteiger partial charge is 0.254 e. The molecule has 1 saturated carbocycles. The minimum atomic E-state index is -0.601. The second-order valence-electron chi connectivity index (χ2n) is 8.30. The van der Waals surface area contributed by atoms with Crippen LogP contribution in [0.1, 0.15) is 23.2 Å². The topological polar surface area (TPSA) is 90.2 Å². The molecule has 0 unspecified atom stereocenters. The van der Waals surface area contributed by atoms with Crippen LogP contribution in [0, 0.1) is 11.8 Å². The Bertz CT molecular complexity index is 1030. The summed E-state index contributed by atoms with van der Waals surface area (Å²) in [7, 11) is 1.66. The van der Waals surface area contributed by atoms with Gasteiger partial charge in [-0.1, -0.05) is 0 Å². The monoisotopic (exact) mass is 412 g/mol. The fourth-order valence-corrected chi connectivity index (χ4v) is 4.67. The molecule has 0 bridgehead atoms. The molecule has 1 saturated heterocycles. The number of likely N-dealkylation sites (tertiary alicyclic amines) is 1. The maximum absolute atomic E-state index is 12.9. The molecule has 1 amide bonds. The van der Waals surface area contributed by atoms with Gasteiger partial charge in [-0.2, -0.15) is 0 Å². The Balaban J connectivity index is 1.26. The molecule has 3 aliphatic rings. The number of carbonyl (C=O) groups excluding carboxylic acids is 1. The molecule has 8 nitrogen and oxygen atoms in total. The number of amides is 1. The van der Waals surface area contributed by atoms with Crippen LogP contribution in [0.25, 0.3) is 0 Å². The third-order valence-corrected chi connectivity index (χ3v) is 6.35. The van der Waals surface area contributed by atoms with Crippen molar-refractivity contribution in [1.82, 2.24) is 9.47 Å². The molecule has 2 fully saturated rings. The van der Waals surface area contributed by atoms with Crippen molar-refractivity contribution in [3.8, 4) is 17.2 Å². The number of pyridine rings is 1. The van der Waals surface area contributed by atoms with E-state index in [1.807, 2.05) is 6.07 Å². The van der Waals surface area contributed by atoms with Crippen molar-refractivity contribution in [2.75, 3.05) is 19.9 Å². The summed E-state index contributed by atoms with van der Waals surface area (Å²) in [5.41, 5.74) is 0.204. The van der Waals surface area contributed by atoms with Crippen LogP contribution in [0.4, 0.5) is 0 Å². The van der Waals surface area contributed by atoms with Crippen LogP contribution in [0.2, 0.25) is 0 Å². The molecule has 8 heteroatoms. The largest absolute Gasteiger partial charge is 0.488 e. The maximum atomic E-state index is 12.9. The molecular formula is C22H24N2O6. The fraction of sp³-hybridized carbons (Fsp3) is 0.455. The summed E-state index contributed by atoms with van der Waals surface area (Å²) in [6.07, 6.45) is 1.92. The number of nitrogens with zero attached hydrogens (tertiary/aromatic N) is 2. The number of hydrogen-bond acceptors (Lipinski definition) is 6. The summed E-state index contributed by atoms with van der Waals surface area (Å²) in [5.74, 6) is 2.31. The zero-order chi connectivity index (χ0) is 20.8. The molecule has 2 aromatic rings. The molecule has 3 heterocycles. The number of aliphatic hydroxyl groups excluding tert-OH is 1. The summed E-state index contributed by atoms with van der Waals surface area (Å²) in [5, 5.41) is 10.7. The van der Waals surface area contributed by atoms with Gasteiger partial charge in [0, 0.05) is 44.0 Å². The molecule has 0 spiro atoms. The van der Waals surface area contributed by atoms with E-state index in [9.17, 15) is 14.7 Å². The standard InChI is InChI=1S/C22H24N2O6/c1-23-5-4-13(8-21(23)26)22(27)24-10-14-6-17(25)19(7-15(14)11-24)30-16-2-3-18-20(9-16)29-12-28-18/h2-5,8-9,14-15,17,19,25H,6-7,10-12H2,1H3/t14-,15+,17+,19+/m0/s1. The Kier molecular flexibility index (Phi) is 4.66. The summed E-state index contributed by atoms with van der Waals surface area (Å²) >= 11 is 0. The van der Waals surface area contributed by atoms with Gasteiger partial charge in [-0.25, -0.2) is 0 Å². The first-order valence-electron chi connectivity index (χ1n) is 10.2. The van der Waals surface area contributed by atoms with Gasteiger partial charge in [-0.15, -0.1) is 0 Å². The number of aliphatic hydroxyl groups is 1. The molecule has 2 aliphatic heterocycles. The lowest BCUT2D eigenvalue weighted by Gasteiger charge is -2.35. The van der Waals surface area contributed by atoms with Gasteiger partial charge in [0.1, 0.15) is 11.9 Å². The number of ether oxygens (including phenoxy) is 3. The molecule has 0 radical (unpaired) electrons. The van der Waals surface area contributed by atoms with Crippen molar-refractivity contribution in [3.63, 3.8) is 0 Å². The Morgan fingerprint density at radius 1 is 1.10 bits per heavy atom. The number of carbonyl (C=O) groups is 1. The number of hydrogen-bond donors (Lipinski definition) is 1. The van der Waals surface area contributed by atoms with Gasteiger partial charge in [0.2, 0.25) is 6.79 Å². The van der Waals surface area contributed by atoms with Gasteiger partial charge >= 0.3 is 0 Å². The van der Waals surface area contributed by atoms with Gasteiger partial charge in [0.05, 0.1) is 6.10 Å². The first-order valence-corrected chi connectivity index (χ1v) is 10.2. The highest BCUT2D eigenvalue weighted by Gasteiger charge is 2.44. The quantitative estimate of drug-likeness (QED) is 0.820. The van der Waals surface area contributed by atoms with Crippen molar-refractivity contribution in [3.05, 3.63) is 52.4 Å². The van der Waals surface area contributed by atoms with Crippen LogP contribution >= 0.6 is 0 Å². The van der Waals surface area contributed by atoms with Crippen molar-refractivity contribution in [2.24, 2.45) is 18.9 Å². The van der Waals surface area contributed by atoms with Gasteiger partial charge in [-0.3, -0.25) is 9.59 Å². The summed E-state index contributed by atoms with van der Waals surface area (Å²) in [4.78, 5) is 26.5. The van der Waals surface area contributed by atoms with E-state index in [0.717, 1.165) is 0 Å². The molecule has 4 atom stereocenters. The molecule has 1 aliphatic carbocycles. The van der Waals surface area contributed by atoms with Crippen LogP contribution in [0.15, 0.2) is 41.3 Å². The predicted octanol–water partition coefficient (Wildman–Crippen LogP) is 1.40. The molecule has 1 N–H and O–H groups in total. The fourth-order valence-electron chi connectivity index (χ4n) is 4.67. The van der Waals surface area contributed by atoms with E-state index in [2.05, 4.69) is 0 Å². The average molecular weight is 412 g/mol. The first kappa shape index (κ1) is 19.0. The van der Waals surface area contributed by atoms with Gasteiger partial charge < -0.3 is 28.8 Å². The van der Waals surface area contributed by atoms with Crippen LogP contribution in [0.5, 0.6) is 17.2 Å². The molecule has 1 aromatic carbocycles. The predicted molar refractivity (Wildman–Crippen MR) is 107 cm³/mol. The van der Waals surface area contributed by atoms with Gasteiger partial charge in [0.15, 0.2) is 11.5 Å². The zero-order valence-corrected chi connectivity index (χ0v) is 16.7. The second kappa shape index (κ2) is 7.36. The first-order chi connectivity index (χ1) is 14.5. The number of aryl methyl sites for hydroxylation is 1. The number of rotatable bonds is 3. The van der Waals surface area contributed by atoms with E-state index in [-0.39, 0.29) is 36.2 Å². The van der Waals surface area contributed by atoms with E-state index in [1.54, 1.807) is 36.3 Å². The number of fused-ring (bicyclic) bond motifs is 2. The zero-order valence-electron chi connectivity index (χ0n) is 16.7. The third-order valence-electron chi connectivity index (χ3n) is 6.35. The Morgan fingerprint density at radius 3 is 2.67 bits per heavy atom. The lowest BCUT2D eigenvalue weighted by Crippen LogP contribution is -2.42. The molecule has 30 heavy (non-hydrogen) atoms. The van der Waals surface area contributed by atoms with Crippen LogP contribution in [-0.4, -0.2) is 52.6 Å². The summed E-state index contributed by atoms with van der Waals surface area (Å²) < 4.78 is 18.2. The van der Waals surface area contributed by atoms with Crippen molar-refractivity contribution < 1.29 is 24.1 Å². The highest BCUT2D eigenvalue weighted by Crippen LogP contribution is 2.40. The molecule has 1 aromatic heterocycles. The van der Waals surface area contributed by atoms with Crippen LogP contribution < -0.4 is 19.8 Å². The van der Waals surface area contributed by atoms with Crippen molar-refractivity contribution in [2.45, 2.75) is 25.0 Å². The summed E-state index contributed by atoms with van der Waals surface area (Å²) in [6, 6.07) is 8.45. The average Bonchev–Trinajstić information content (AvgIpc) is 3.36. The third kappa shape index (κ3) is 3.41. The van der Waals surface area contributed by atoms with E-state index in [4.69, 9.17) is 14.2 Å². The number of aromatic nitrogens is 1. The van der Waals surface area contributed by atoms with E-state index >= 15 is 0 Å². The Labute approximate surface area is 173 Å². The minimum absolute atomic E-state index is 0.134. The lowest BCUT2D eigenvalue weighted by atomic mass is 9.78. The minimum Gasteiger partial charge on any atom is -0.488 e. The van der Waals surface area contributed by atoms with Crippen molar-refractivity contribution >= 4 is 5.91 Å². The van der Waals surface area contributed by atoms with E-state index < -0.39 is 6.10 Å². The normalized spacial score (nSPS) is 27.1. The second-order valence-corrected chi connectivity index (χ2v) is 8.30.